The molecule has 0 bridgehead atoms. The van der Waals surface area contributed by atoms with Crippen molar-refractivity contribution in [3.05, 3.63) is 29.3 Å². The van der Waals surface area contributed by atoms with Crippen LogP contribution in [-0.4, -0.2) is 36.3 Å². The SMILES string of the molecule is CN(CC1CCCO1)C1CCCc2c(O)cccc21. The molecule has 0 saturated carbocycles. The van der Waals surface area contributed by atoms with E-state index in [-0.39, 0.29) is 0 Å². The number of aromatic hydroxyl groups is 1. The maximum Gasteiger partial charge on any atom is 0.119 e. The molecule has 1 N–H and O–H groups in total. The third kappa shape index (κ3) is 2.63. The predicted octanol–water partition coefficient (Wildman–Crippen LogP) is 2.88. The number of hydrogen-bond acceptors (Lipinski definition) is 3. The first kappa shape index (κ1) is 12.9. The minimum atomic E-state index is 0.396. The molecule has 0 spiro atoms. The Bertz CT molecular complexity index is 440. The number of rotatable bonds is 3. The number of fused-ring (bicyclic) bond motifs is 1. The van der Waals surface area contributed by atoms with Gasteiger partial charge in [-0.1, -0.05) is 12.1 Å². The summed E-state index contributed by atoms with van der Waals surface area (Å²) >= 11 is 0. The second-order valence-electron chi connectivity index (χ2n) is 5.83. The standard InChI is InChI=1S/C16H23NO2/c1-17(11-12-5-4-10-19-12)15-8-2-7-14-13(15)6-3-9-16(14)18/h3,6,9,12,15,18H,2,4-5,7-8,10-11H2,1H3. The molecule has 0 aromatic heterocycles. The molecule has 2 atom stereocenters. The van der Waals surface area contributed by atoms with E-state index in [1.54, 1.807) is 6.07 Å². The lowest BCUT2D eigenvalue weighted by atomic mass is 9.86. The molecule has 19 heavy (non-hydrogen) atoms. The van der Waals surface area contributed by atoms with Crippen LogP contribution < -0.4 is 0 Å². The lowest BCUT2D eigenvalue weighted by Crippen LogP contribution is -2.34. The number of hydrogen-bond donors (Lipinski definition) is 1. The van der Waals surface area contributed by atoms with Gasteiger partial charge in [0.2, 0.25) is 0 Å². The summed E-state index contributed by atoms with van der Waals surface area (Å²) in [6.07, 6.45) is 6.12. The predicted molar refractivity (Wildman–Crippen MR) is 75.4 cm³/mol. The van der Waals surface area contributed by atoms with E-state index in [1.165, 1.54) is 24.8 Å². The average molecular weight is 261 g/mol. The van der Waals surface area contributed by atoms with Crippen molar-refractivity contribution >= 4 is 0 Å². The molecule has 1 fully saturated rings. The van der Waals surface area contributed by atoms with E-state index in [0.29, 0.717) is 17.9 Å². The zero-order valence-corrected chi connectivity index (χ0v) is 11.6. The van der Waals surface area contributed by atoms with Crippen molar-refractivity contribution in [2.45, 2.75) is 44.2 Å². The van der Waals surface area contributed by atoms with Gasteiger partial charge >= 0.3 is 0 Å². The number of ether oxygens (including phenoxy) is 1. The molecule has 0 amide bonds. The van der Waals surface area contributed by atoms with Gasteiger partial charge in [0.05, 0.1) is 6.10 Å². The quantitative estimate of drug-likeness (QED) is 0.908. The minimum absolute atomic E-state index is 0.396. The van der Waals surface area contributed by atoms with Gasteiger partial charge in [0.15, 0.2) is 0 Å². The van der Waals surface area contributed by atoms with E-state index in [4.69, 9.17) is 4.74 Å². The second-order valence-corrected chi connectivity index (χ2v) is 5.83. The maximum atomic E-state index is 10.00. The number of benzene rings is 1. The number of likely N-dealkylation sites (N-methyl/N-ethyl adjacent to an activating group) is 1. The topological polar surface area (TPSA) is 32.7 Å². The molecular weight excluding hydrogens is 238 g/mol. The van der Waals surface area contributed by atoms with Gasteiger partial charge in [-0.2, -0.15) is 0 Å². The molecule has 2 aliphatic rings. The van der Waals surface area contributed by atoms with E-state index in [2.05, 4.69) is 18.0 Å². The van der Waals surface area contributed by atoms with Crippen molar-refractivity contribution in [3.8, 4) is 5.75 Å². The fourth-order valence-electron chi connectivity index (χ4n) is 3.50. The molecular formula is C16H23NO2. The third-order valence-electron chi connectivity index (χ3n) is 4.50. The Labute approximate surface area is 115 Å². The smallest absolute Gasteiger partial charge is 0.119 e. The monoisotopic (exact) mass is 261 g/mol. The Morgan fingerprint density at radius 2 is 2.21 bits per heavy atom. The third-order valence-corrected chi connectivity index (χ3v) is 4.50. The molecule has 1 heterocycles. The fraction of sp³-hybridized carbons (Fsp3) is 0.625. The number of phenols is 1. The summed E-state index contributed by atoms with van der Waals surface area (Å²) in [6.45, 7) is 1.92. The molecule has 104 valence electrons. The van der Waals surface area contributed by atoms with Crippen LogP contribution in [-0.2, 0) is 11.2 Å². The molecule has 1 aromatic carbocycles. The van der Waals surface area contributed by atoms with E-state index < -0.39 is 0 Å². The highest BCUT2D eigenvalue weighted by Gasteiger charge is 2.27. The minimum Gasteiger partial charge on any atom is -0.508 e. The molecule has 1 aromatic rings. The number of phenolic OH excluding ortho intramolecular Hbond substituents is 1. The zero-order valence-electron chi connectivity index (χ0n) is 11.6. The summed E-state index contributed by atoms with van der Waals surface area (Å²) < 4.78 is 5.74. The fourth-order valence-corrected chi connectivity index (χ4v) is 3.50. The van der Waals surface area contributed by atoms with Crippen molar-refractivity contribution in [2.24, 2.45) is 0 Å². The normalized spacial score (nSPS) is 26.6. The molecule has 3 heteroatoms. The lowest BCUT2D eigenvalue weighted by molar-refractivity contribution is 0.0647. The van der Waals surface area contributed by atoms with Gasteiger partial charge in [-0.3, -0.25) is 4.90 Å². The van der Waals surface area contributed by atoms with Crippen LogP contribution >= 0.6 is 0 Å². The van der Waals surface area contributed by atoms with E-state index in [1.807, 2.05) is 6.07 Å². The van der Waals surface area contributed by atoms with Crippen LogP contribution in [0.15, 0.2) is 18.2 Å². The van der Waals surface area contributed by atoms with Crippen LogP contribution in [0.5, 0.6) is 5.75 Å². The van der Waals surface area contributed by atoms with E-state index >= 15 is 0 Å². The Morgan fingerprint density at radius 1 is 1.32 bits per heavy atom. The Morgan fingerprint density at radius 3 is 3.00 bits per heavy atom. The summed E-state index contributed by atoms with van der Waals surface area (Å²) in [4.78, 5) is 2.41. The Kier molecular flexibility index (Phi) is 3.76. The summed E-state index contributed by atoms with van der Waals surface area (Å²) in [5.41, 5.74) is 2.46. The van der Waals surface area contributed by atoms with Crippen LogP contribution in [0.25, 0.3) is 0 Å². The van der Waals surface area contributed by atoms with E-state index in [9.17, 15) is 5.11 Å². The lowest BCUT2D eigenvalue weighted by Gasteiger charge is -2.34. The average Bonchev–Trinajstić information content (AvgIpc) is 2.91. The van der Waals surface area contributed by atoms with Crippen molar-refractivity contribution in [3.63, 3.8) is 0 Å². The van der Waals surface area contributed by atoms with Crippen LogP contribution in [0.2, 0.25) is 0 Å². The maximum absolute atomic E-state index is 10.00. The highest BCUT2D eigenvalue weighted by atomic mass is 16.5. The van der Waals surface area contributed by atoms with Gasteiger partial charge in [-0.05, 0) is 56.3 Å². The largest absolute Gasteiger partial charge is 0.508 e. The molecule has 2 unspecified atom stereocenters. The van der Waals surface area contributed by atoms with Crippen molar-refractivity contribution in [1.29, 1.82) is 0 Å². The molecule has 3 rings (SSSR count). The molecule has 1 aliphatic heterocycles. The first-order valence-corrected chi connectivity index (χ1v) is 7.38. The zero-order chi connectivity index (χ0) is 13.2. The summed E-state index contributed by atoms with van der Waals surface area (Å²) in [6, 6.07) is 6.37. The van der Waals surface area contributed by atoms with Gasteiger partial charge in [0.25, 0.3) is 0 Å². The van der Waals surface area contributed by atoms with E-state index in [0.717, 1.165) is 31.6 Å². The first-order chi connectivity index (χ1) is 9.25. The van der Waals surface area contributed by atoms with Gasteiger partial charge in [0.1, 0.15) is 5.75 Å². The number of nitrogens with zero attached hydrogens (tertiary/aromatic N) is 1. The van der Waals surface area contributed by atoms with Gasteiger partial charge in [0, 0.05) is 19.2 Å². The molecule has 0 radical (unpaired) electrons. The summed E-state index contributed by atoms with van der Waals surface area (Å²) in [7, 11) is 2.19. The van der Waals surface area contributed by atoms with Gasteiger partial charge in [-0.25, -0.2) is 0 Å². The van der Waals surface area contributed by atoms with Crippen molar-refractivity contribution in [1.82, 2.24) is 4.90 Å². The highest BCUT2D eigenvalue weighted by Crippen LogP contribution is 2.37. The second kappa shape index (κ2) is 5.51. The van der Waals surface area contributed by atoms with Crippen LogP contribution in [0, 0.1) is 0 Å². The highest BCUT2D eigenvalue weighted by molar-refractivity contribution is 5.42. The van der Waals surface area contributed by atoms with Crippen LogP contribution in [0.4, 0.5) is 0 Å². The van der Waals surface area contributed by atoms with Gasteiger partial charge in [-0.15, -0.1) is 0 Å². The van der Waals surface area contributed by atoms with Crippen molar-refractivity contribution in [2.75, 3.05) is 20.2 Å². The van der Waals surface area contributed by atoms with Crippen LogP contribution in [0.3, 0.4) is 0 Å². The van der Waals surface area contributed by atoms with Gasteiger partial charge < -0.3 is 9.84 Å². The molecule has 1 saturated heterocycles. The summed E-state index contributed by atoms with van der Waals surface area (Å²) in [5, 5.41) is 10.00. The Balaban J connectivity index is 1.76. The van der Waals surface area contributed by atoms with Crippen molar-refractivity contribution < 1.29 is 9.84 Å². The first-order valence-electron chi connectivity index (χ1n) is 7.38. The van der Waals surface area contributed by atoms with Crippen LogP contribution in [0.1, 0.15) is 42.9 Å². The molecule has 1 aliphatic carbocycles. The molecule has 3 nitrogen and oxygen atoms in total. The summed E-state index contributed by atoms with van der Waals surface area (Å²) in [5.74, 6) is 0.465. The Hall–Kier alpha value is -1.06.